The van der Waals surface area contributed by atoms with Gasteiger partial charge in [0.1, 0.15) is 0 Å². The Morgan fingerprint density at radius 1 is 0.667 bits per heavy atom. The summed E-state index contributed by atoms with van der Waals surface area (Å²) in [5.41, 5.74) is -6.13. The van der Waals surface area contributed by atoms with Crippen LogP contribution >= 0.6 is 30.4 Å². The van der Waals surface area contributed by atoms with Crippen LogP contribution in [-0.4, -0.2) is 21.4 Å². The molecule has 0 fully saturated rings. The Morgan fingerprint density at radius 2 is 0.852 bits per heavy atom. The molecule has 0 aromatic carbocycles. The summed E-state index contributed by atoms with van der Waals surface area (Å²) in [4.78, 5) is 60.9. The summed E-state index contributed by atoms with van der Waals surface area (Å²) in [6, 6.07) is 0. The summed E-state index contributed by atoms with van der Waals surface area (Å²) in [6.07, 6.45) is 0.791. The van der Waals surface area contributed by atoms with Gasteiger partial charge in [0, 0.05) is 0 Å². The van der Waals surface area contributed by atoms with Gasteiger partial charge in [-0.25, -0.2) is 0 Å². The van der Waals surface area contributed by atoms with E-state index in [1.165, 1.54) is 0 Å². The molecule has 144 valence electrons. The third-order valence-corrected chi connectivity index (χ3v) is 8.12. The first-order valence-electron chi connectivity index (χ1n) is 5.03. The molecule has 0 heterocycles. The van der Waals surface area contributed by atoms with E-state index < -0.39 is 41.6 Å². The molecule has 4 unspecified atom stereocenters. The minimum Gasteiger partial charge on any atom is -0.809 e. The van der Waals surface area contributed by atoms with Crippen molar-refractivity contribution in [2.24, 2.45) is 0 Å². The predicted molar refractivity (Wildman–Crippen MR) is 65.0 cm³/mol. The molecule has 27 heavy (non-hydrogen) atoms. The van der Waals surface area contributed by atoms with Crippen molar-refractivity contribution < 1.29 is 149 Å². The van der Waals surface area contributed by atoms with Gasteiger partial charge >= 0.3 is 81.9 Å². The van der Waals surface area contributed by atoms with Crippen molar-refractivity contribution in [3.05, 3.63) is 25.7 Å². The maximum absolute atomic E-state index is 10.5. The summed E-state index contributed by atoms with van der Waals surface area (Å²) < 4.78 is 48.3. The Kier molecular flexibility index (Phi) is 23.8. The van der Waals surface area contributed by atoms with E-state index in [1.54, 1.807) is 0 Å². The van der Waals surface area contributed by atoms with E-state index in [-0.39, 0.29) is 81.9 Å². The van der Waals surface area contributed by atoms with E-state index >= 15 is 0 Å². The van der Waals surface area contributed by atoms with Gasteiger partial charge in [0.15, 0.2) is 11.2 Å². The Morgan fingerprint density at radius 3 is 0.963 bits per heavy atom. The number of hydrogen-bond donors (Lipinski definition) is 2. The molecule has 0 aromatic heterocycles. The molecule has 0 radical (unpaired) electrons. The van der Waals surface area contributed by atoms with Crippen LogP contribution in [0.5, 0.6) is 0 Å². The van der Waals surface area contributed by atoms with Gasteiger partial charge in [-0.1, -0.05) is 13.2 Å². The molecular weight excluding hydrogens is 757 g/mol. The smallest absolute Gasteiger partial charge is 0.809 e. The average molecular weight is 767 g/mol. The van der Waals surface area contributed by atoms with Crippen LogP contribution in [0.4, 0.5) is 0 Å². The monoisotopic (exact) mass is 772 g/mol. The van der Waals surface area contributed by atoms with Gasteiger partial charge in [-0.15, -0.1) is 0 Å². The number of aliphatic hydroxyl groups excluding tert-OH is 2. The van der Waals surface area contributed by atoms with Crippen molar-refractivity contribution in [1.82, 2.24) is 0 Å². The largest absolute Gasteiger partial charge is 2.00 e. The van der Waals surface area contributed by atoms with Crippen LogP contribution in [0, 0.1) is 0 Å². The molecule has 0 bridgehead atoms. The van der Waals surface area contributed by atoms with E-state index in [9.17, 15) is 47.6 Å². The maximum Gasteiger partial charge on any atom is 2.00 e. The summed E-state index contributed by atoms with van der Waals surface area (Å²) in [5.74, 6) is 0. The molecule has 0 saturated carbocycles. The number of aliphatic hydroxyl groups is 2. The van der Waals surface area contributed by atoms with Gasteiger partial charge in [-0.05, 0) is 15.2 Å². The van der Waals surface area contributed by atoms with Crippen molar-refractivity contribution in [2.45, 2.75) is 11.2 Å². The summed E-state index contributed by atoms with van der Waals surface area (Å²) in [7, 11) is -21.4. The van der Waals surface area contributed by atoms with Crippen molar-refractivity contribution in [1.29, 1.82) is 0 Å². The second-order valence-electron chi connectivity index (χ2n) is 3.40. The zero-order valence-electron chi connectivity index (χ0n) is 13.4. The van der Waals surface area contributed by atoms with Crippen LogP contribution < -0.4 is 29.4 Å². The molecule has 0 rings (SSSR count). The van der Waals surface area contributed by atoms with E-state index in [1.807, 2.05) is 0 Å². The molecule has 0 aromatic rings. The van der Waals surface area contributed by atoms with Crippen molar-refractivity contribution in [3.8, 4) is 0 Å². The third-order valence-electron chi connectivity index (χ3n) is 1.57. The Bertz CT molecular complexity index is 574. The topological polar surface area (TPSA) is 266 Å². The van der Waals surface area contributed by atoms with Gasteiger partial charge < -0.3 is 57.8 Å². The van der Waals surface area contributed by atoms with Crippen LogP contribution in [0.1, 0.15) is 0 Å². The van der Waals surface area contributed by atoms with Gasteiger partial charge in [0.2, 0.25) is 15.2 Å². The first-order valence-corrected chi connectivity index (χ1v) is 11.5. The molecule has 0 aliphatic rings. The quantitative estimate of drug-likeness (QED) is 0.135. The predicted octanol–water partition coefficient (Wildman–Crippen LogP) is -4.23. The maximum atomic E-state index is 10.5. The molecule has 0 aliphatic heterocycles. The standard InChI is InChI=1S/2C3H8O7P2.3Cd/c2*1-2-10-12(8,9)3(4)11(5,6)7;;;/h2*2-4H,1H2,(H,8,9)(H2,5,6,7);;;/q;;3*+2/p-6. The minimum atomic E-state index is -5.60. The fourth-order valence-electron chi connectivity index (χ4n) is 0.663. The van der Waals surface area contributed by atoms with E-state index in [0.29, 0.717) is 12.5 Å². The first kappa shape index (κ1) is 39.9. The normalized spacial score (nSPS) is 17.2. The molecule has 0 aliphatic carbocycles. The number of rotatable bonds is 8. The SMILES string of the molecule is C=COP(=O)([O-])C(O)P(=O)([O-])[O-].C=COP(=O)([O-])C(O)P(=O)([O-])[O-].[Cd+2].[Cd+2].[Cd+2]. The van der Waals surface area contributed by atoms with Gasteiger partial charge in [-0.3, -0.25) is 9.13 Å². The Labute approximate surface area is 213 Å². The van der Waals surface area contributed by atoms with E-state index in [2.05, 4.69) is 22.2 Å². The van der Waals surface area contributed by atoms with Crippen molar-refractivity contribution in [2.75, 3.05) is 0 Å². The fraction of sp³-hybridized carbons (Fsp3) is 0.333. The summed E-state index contributed by atoms with van der Waals surface area (Å²) >= 11 is 0. The average Bonchev–Trinajstić information content (AvgIpc) is 2.35. The fourth-order valence-corrected chi connectivity index (χ4v) is 4.39. The van der Waals surface area contributed by atoms with Crippen molar-refractivity contribution >= 4 is 30.4 Å². The molecule has 21 heteroatoms. The third kappa shape index (κ3) is 16.8. The van der Waals surface area contributed by atoms with Crippen molar-refractivity contribution in [3.63, 3.8) is 0 Å². The Hall–Kier alpha value is 2.45. The van der Waals surface area contributed by atoms with Gasteiger partial charge in [0.25, 0.3) is 0 Å². The zero-order chi connectivity index (χ0) is 20.0. The van der Waals surface area contributed by atoms with Crippen LogP contribution in [0.2, 0.25) is 0 Å². The molecule has 2 N–H and O–H groups in total. The van der Waals surface area contributed by atoms with Gasteiger partial charge in [0.05, 0.1) is 12.5 Å². The molecular formula is C6H10Cd3O14P4. The summed E-state index contributed by atoms with van der Waals surface area (Å²) in [5, 5.41) is 16.8. The molecule has 0 spiro atoms. The second kappa shape index (κ2) is 16.1. The van der Waals surface area contributed by atoms with E-state index in [4.69, 9.17) is 10.2 Å². The zero-order valence-corrected chi connectivity index (χ0v) is 29.1. The van der Waals surface area contributed by atoms with Crippen LogP contribution in [-0.2, 0) is 109 Å². The molecule has 4 atom stereocenters. The first-order chi connectivity index (χ1) is 10.4. The van der Waals surface area contributed by atoms with Crippen LogP contribution in [0.15, 0.2) is 25.7 Å². The Balaban J connectivity index is -0.000000108. The molecule has 14 nitrogen and oxygen atoms in total. The van der Waals surface area contributed by atoms with Crippen LogP contribution in [0.3, 0.4) is 0 Å². The van der Waals surface area contributed by atoms with Gasteiger partial charge in [-0.2, -0.15) is 0 Å². The molecule has 0 amide bonds. The number of hydrogen-bond acceptors (Lipinski definition) is 14. The second-order valence-corrected chi connectivity index (χ2v) is 10.9. The van der Waals surface area contributed by atoms with E-state index in [0.717, 1.165) is 0 Å². The van der Waals surface area contributed by atoms with Crippen LogP contribution in [0.25, 0.3) is 0 Å². The molecule has 0 saturated heterocycles. The minimum absolute atomic E-state index is 0. The summed E-state index contributed by atoms with van der Waals surface area (Å²) in [6.45, 7) is 5.62.